The summed E-state index contributed by atoms with van der Waals surface area (Å²) in [6.45, 7) is 7.82. The summed E-state index contributed by atoms with van der Waals surface area (Å²) in [7, 11) is -3.67. The number of nitrogens with zero attached hydrogens (tertiary/aromatic N) is 1. The zero-order valence-electron chi connectivity index (χ0n) is 16.0. The van der Waals surface area contributed by atoms with Gasteiger partial charge < -0.3 is 10.1 Å². The van der Waals surface area contributed by atoms with Crippen molar-refractivity contribution in [2.24, 2.45) is 0 Å². The minimum Gasteiger partial charge on any atom is -0.381 e. The molecule has 146 valence electrons. The Labute approximate surface area is 161 Å². The molecule has 1 aromatic carbocycles. The summed E-state index contributed by atoms with van der Waals surface area (Å²) in [6, 6.07) is 10.4. The highest BCUT2D eigenvalue weighted by Gasteiger charge is 2.18. The van der Waals surface area contributed by atoms with Crippen LogP contribution in [0, 0.1) is 0 Å². The highest BCUT2D eigenvalue weighted by atomic mass is 32.2. The van der Waals surface area contributed by atoms with E-state index in [2.05, 4.69) is 35.8 Å². The third-order valence-corrected chi connectivity index (χ3v) is 5.96. The molecule has 27 heavy (non-hydrogen) atoms. The van der Waals surface area contributed by atoms with Gasteiger partial charge in [0.05, 0.1) is 22.9 Å². The van der Waals surface area contributed by atoms with Crippen molar-refractivity contribution in [3.05, 3.63) is 48.2 Å². The Morgan fingerprint density at radius 1 is 1.15 bits per heavy atom. The maximum Gasteiger partial charge on any atom is 0.263 e. The van der Waals surface area contributed by atoms with Gasteiger partial charge in [-0.05, 0) is 48.1 Å². The fraction of sp³-hybridized carbons (Fsp3) is 0.450. The van der Waals surface area contributed by atoms with Crippen molar-refractivity contribution in [1.82, 2.24) is 4.98 Å². The number of pyridine rings is 1. The van der Waals surface area contributed by atoms with Crippen LogP contribution in [0.15, 0.2) is 47.5 Å². The number of ether oxygens (including phenoxy) is 1. The largest absolute Gasteiger partial charge is 0.381 e. The van der Waals surface area contributed by atoms with Gasteiger partial charge in [0.25, 0.3) is 10.0 Å². The van der Waals surface area contributed by atoms with Gasteiger partial charge in [0.1, 0.15) is 5.82 Å². The Morgan fingerprint density at radius 2 is 1.89 bits per heavy atom. The van der Waals surface area contributed by atoms with E-state index in [9.17, 15) is 8.42 Å². The lowest BCUT2D eigenvalue weighted by molar-refractivity contribution is 0.120. The molecule has 0 spiro atoms. The van der Waals surface area contributed by atoms with Crippen LogP contribution in [0.2, 0.25) is 0 Å². The molecule has 0 radical (unpaired) electrons. The first-order valence-corrected chi connectivity index (χ1v) is 10.7. The molecule has 1 saturated heterocycles. The predicted molar refractivity (Wildman–Crippen MR) is 108 cm³/mol. The number of rotatable bonds is 6. The van der Waals surface area contributed by atoms with Gasteiger partial charge in [0.2, 0.25) is 0 Å². The number of hydrogen-bond acceptors (Lipinski definition) is 5. The molecule has 1 unspecified atom stereocenters. The van der Waals surface area contributed by atoms with Crippen LogP contribution in [0.4, 0.5) is 11.5 Å². The van der Waals surface area contributed by atoms with E-state index in [0.29, 0.717) is 0 Å². The molecule has 0 aliphatic carbocycles. The molecule has 1 aromatic heterocycles. The van der Waals surface area contributed by atoms with E-state index in [1.165, 1.54) is 0 Å². The fourth-order valence-electron chi connectivity index (χ4n) is 2.93. The lowest BCUT2D eigenvalue weighted by Crippen LogP contribution is -2.18. The number of nitrogens with one attached hydrogen (secondary N) is 2. The Morgan fingerprint density at radius 3 is 2.44 bits per heavy atom. The molecule has 2 aromatic rings. The van der Waals surface area contributed by atoms with Crippen molar-refractivity contribution < 1.29 is 13.2 Å². The number of hydrogen-bond donors (Lipinski definition) is 2. The monoisotopic (exact) mass is 389 g/mol. The fourth-order valence-corrected chi connectivity index (χ4v) is 3.93. The zero-order chi connectivity index (χ0) is 19.5. The second-order valence-corrected chi connectivity index (χ2v) is 9.51. The SMILES string of the molecule is CC(C)(C)c1ccc(S(=O)(=O)Nc2ccc(NCC3CCCO3)cn2)cc1. The average Bonchev–Trinajstić information content (AvgIpc) is 3.14. The molecule has 0 bridgehead atoms. The first kappa shape index (κ1) is 19.6. The van der Waals surface area contributed by atoms with Crippen molar-refractivity contribution >= 4 is 21.5 Å². The molecule has 0 amide bonds. The lowest BCUT2D eigenvalue weighted by Gasteiger charge is -2.19. The number of benzene rings is 1. The van der Waals surface area contributed by atoms with E-state index in [-0.39, 0.29) is 22.2 Å². The number of aromatic nitrogens is 1. The standard InChI is InChI=1S/C20H27N3O3S/c1-20(2,3)15-6-9-18(10-7-15)27(24,25)23-19-11-8-16(13-22-19)21-14-17-5-4-12-26-17/h6-11,13,17,21H,4-5,12,14H2,1-3H3,(H,22,23). The predicted octanol–water partition coefficient (Wildman–Crippen LogP) is 3.77. The summed E-state index contributed by atoms with van der Waals surface area (Å²) < 4.78 is 33.2. The van der Waals surface area contributed by atoms with E-state index >= 15 is 0 Å². The van der Waals surface area contributed by atoms with Crippen molar-refractivity contribution in [1.29, 1.82) is 0 Å². The van der Waals surface area contributed by atoms with Crippen molar-refractivity contribution in [3.63, 3.8) is 0 Å². The number of sulfonamides is 1. The van der Waals surface area contributed by atoms with Gasteiger partial charge in [-0.1, -0.05) is 32.9 Å². The highest BCUT2D eigenvalue weighted by molar-refractivity contribution is 7.92. The summed E-state index contributed by atoms with van der Waals surface area (Å²) in [5.41, 5.74) is 1.90. The minimum absolute atomic E-state index is 0.0242. The maximum atomic E-state index is 12.6. The maximum absolute atomic E-state index is 12.6. The van der Waals surface area contributed by atoms with Gasteiger partial charge in [-0.3, -0.25) is 4.72 Å². The molecule has 7 heteroatoms. The van der Waals surface area contributed by atoms with Crippen LogP contribution in [0.25, 0.3) is 0 Å². The molecular weight excluding hydrogens is 362 g/mol. The Balaban J connectivity index is 1.63. The summed E-state index contributed by atoms with van der Waals surface area (Å²) >= 11 is 0. The van der Waals surface area contributed by atoms with Crippen LogP contribution in [-0.2, 0) is 20.2 Å². The van der Waals surface area contributed by atoms with Crippen LogP contribution < -0.4 is 10.0 Å². The van der Waals surface area contributed by atoms with Gasteiger partial charge >= 0.3 is 0 Å². The topological polar surface area (TPSA) is 80.3 Å². The van der Waals surface area contributed by atoms with Gasteiger partial charge in [0.15, 0.2) is 0 Å². The summed E-state index contributed by atoms with van der Waals surface area (Å²) in [5.74, 6) is 0.289. The van der Waals surface area contributed by atoms with Crippen LogP contribution >= 0.6 is 0 Å². The quantitative estimate of drug-likeness (QED) is 0.786. The molecule has 6 nitrogen and oxygen atoms in total. The first-order chi connectivity index (χ1) is 12.7. The van der Waals surface area contributed by atoms with Gasteiger partial charge in [-0.25, -0.2) is 13.4 Å². The molecular formula is C20H27N3O3S. The normalized spacial score (nSPS) is 17.7. The van der Waals surface area contributed by atoms with Crippen molar-refractivity contribution in [2.45, 2.75) is 50.0 Å². The average molecular weight is 390 g/mol. The Kier molecular flexibility index (Phi) is 5.72. The third kappa shape index (κ3) is 5.20. The zero-order valence-corrected chi connectivity index (χ0v) is 16.8. The molecule has 0 saturated carbocycles. The molecule has 3 rings (SSSR count). The van der Waals surface area contributed by atoms with Gasteiger partial charge in [-0.15, -0.1) is 0 Å². The van der Waals surface area contributed by atoms with E-state index in [0.717, 1.165) is 37.2 Å². The second kappa shape index (κ2) is 7.86. The van der Waals surface area contributed by atoms with Gasteiger partial charge in [-0.2, -0.15) is 0 Å². The lowest BCUT2D eigenvalue weighted by atomic mass is 9.87. The van der Waals surface area contributed by atoms with Crippen molar-refractivity contribution in [3.8, 4) is 0 Å². The molecule has 2 heterocycles. The highest BCUT2D eigenvalue weighted by Crippen LogP contribution is 2.24. The molecule has 1 fully saturated rings. The van der Waals surface area contributed by atoms with Crippen LogP contribution in [0.1, 0.15) is 39.2 Å². The summed E-state index contributed by atoms with van der Waals surface area (Å²) in [6.07, 6.45) is 4.02. The van der Waals surface area contributed by atoms with E-state index in [1.807, 2.05) is 18.2 Å². The van der Waals surface area contributed by atoms with E-state index in [4.69, 9.17) is 4.74 Å². The molecule has 1 atom stereocenters. The molecule has 1 aliphatic heterocycles. The molecule has 2 N–H and O–H groups in total. The first-order valence-electron chi connectivity index (χ1n) is 9.19. The Hall–Kier alpha value is -2.12. The van der Waals surface area contributed by atoms with Crippen LogP contribution in [0.3, 0.4) is 0 Å². The van der Waals surface area contributed by atoms with Crippen molar-refractivity contribution in [2.75, 3.05) is 23.2 Å². The van der Waals surface area contributed by atoms with E-state index in [1.54, 1.807) is 24.4 Å². The minimum atomic E-state index is -3.67. The summed E-state index contributed by atoms with van der Waals surface area (Å²) in [4.78, 5) is 4.42. The number of anilines is 2. The molecule has 1 aliphatic rings. The van der Waals surface area contributed by atoms with E-state index < -0.39 is 10.0 Å². The third-order valence-electron chi connectivity index (χ3n) is 4.59. The summed E-state index contributed by atoms with van der Waals surface area (Å²) in [5, 5.41) is 3.26. The Bertz CT molecular complexity index is 851. The smallest absolute Gasteiger partial charge is 0.263 e. The van der Waals surface area contributed by atoms with Crippen LogP contribution in [0.5, 0.6) is 0 Å². The second-order valence-electron chi connectivity index (χ2n) is 7.83. The van der Waals surface area contributed by atoms with Crippen LogP contribution in [-0.4, -0.2) is 32.7 Å². The van der Waals surface area contributed by atoms with Gasteiger partial charge in [0, 0.05) is 13.2 Å².